The summed E-state index contributed by atoms with van der Waals surface area (Å²) >= 11 is 0. The summed E-state index contributed by atoms with van der Waals surface area (Å²) in [6.07, 6.45) is 2.82. The molecule has 0 saturated carbocycles. The Morgan fingerprint density at radius 2 is 2.04 bits per heavy atom. The SMILES string of the molecule is COc1cccc(CC(C)NC(=O)N2CCCC2c2cccc(N(C)C)c2)c1. The van der Waals surface area contributed by atoms with Gasteiger partial charge in [-0.25, -0.2) is 4.79 Å². The number of urea groups is 1. The van der Waals surface area contributed by atoms with Crippen LogP contribution in [0.4, 0.5) is 10.5 Å². The highest BCUT2D eigenvalue weighted by Gasteiger charge is 2.30. The maximum Gasteiger partial charge on any atom is 0.318 e. The molecule has 5 nitrogen and oxygen atoms in total. The van der Waals surface area contributed by atoms with Crippen molar-refractivity contribution in [2.24, 2.45) is 0 Å². The molecule has 1 heterocycles. The van der Waals surface area contributed by atoms with Crippen molar-refractivity contribution in [2.45, 2.75) is 38.3 Å². The fourth-order valence-electron chi connectivity index (χ4n) is 3.86. The Balaban J connectivity index is 1.65. The fourth-order valence-corrected chi connectivity index (χ4v) is 3.86. The number of carbonyl (C=O) groups is 1. The van der Waals surface area contributed by atoms with Gasteiger partial charge in [0.25, 0.3) is 0 Å². The molecule has 2 aromatic carbocycles. The van der Waals surface area contributed by atoms with E-state index in [1.54, 1.807) is 7.11 Å². The normalized spacial score (nSPS) is 17.3. The van der Waals surface area contributed by atoms with Crippen molar-refractivity contribution in [1.29, 1.82) is 0 Å². The molecule has 2 unspecified atom stereocenters. The van der Waals surface area contributed by atoms with Gasteiger partial charge < -0.3 is 19.9 Å². The van der Waals surface area contributed by atoms with Crippen LogP contribution in [0, 0.1) is 0 Å². The Morgan fingerprint density at radius 1 is 1.25 bits per heavy atom. The molecular weight excluding hydrogens is 350 g/mol. The minimum atomic E-state index is 0.0214. The van der Waals surface area contributed by atoms with Crippen molar-refractivity contribution in [1.82, 2.24) is 10.2 Å². The Labute approximate surface area is 168 Å². The van der Waals surface area contributed by atoms with Crippen LogP contribution in [0.15, 0.2) is 48.5 Å². The fraction of sp³-hybridized carbons (Fsp3) is 0.435. The summed E-state index contributed by atoms with van der Waals surface area (Å²) in [4.78, 5) is 17.0. The second kappa shape index (κ2) is 9.00. The highest BCUT2D eigenvalue weighted by atomic mass is 16.5. The van der Waals surface area contributed by atoms with Crippen molar-refractivity contribution in [3.05, 3.63) is 59.7 Å². The minimum absolute atomic E-state index is 0.0214. The molecule has 1 aliphatic rings. The van der Waals surface area contributed by atoms with Crippen LogP contribution in [0.5, 0.6) is 5.75 Å². The third kappa shape index (κ3) is 4.77. The Hall–Kier alpha value is -2.69. The number of nitrogens with zero attached hydrogens (tertiary/aromatic N) is 2. The van der Waals surface area contributed by atoms with E-state index in [4.69, 9.17) is 4.74 Å². The van der Waals surface area contributed by atoms with Crippen molar-refractivity contribution >= 4 is 11.7 Å². The van der Waals surface area contributed by atoms with Crippen molar-refractivity contribution in [3.63, 3.8) is 0 Å². The minimum Gasteiger partial charge on any atom is -0.497 e. The predicted molar refractivity (Wildman–Crippen MR) is 114 cm³/mol. The molecule has 0 radical (unpaired) electrons. The monoisotopic (exact) mass is 381 g/mol. The highest BCUT2D eigenvalue weighted by molar-refractivity contribution is 5.75. The van der Waals surface area contributed by atoms with E-state index in [1.165, 1.54) is 5.56 Å². The molecule has 28 heavy (non-hydrogen) atoms. The molecule has 1 N–H and O–H groups in total. The molecule has 2 amide bonds. The average Bonchev–Trinajstić information content (AvgIpc) is 3.18. The molecule has 1 aliphatic heterocycles. The molecular formula is C23H31N3O2. The molecule has 0 spiro atoms. The number of hydrogen-bond donors (Lipinski definition) is 1. The third-order valence-corrected chi connectivity index (χ3v) is 5.33. The molecule has 1 saturated heterocycles. The van der Waals surface area contributed by atoms with Gasteiger partial charge in [-0.1, -0.05) is 24.3 Å². The average molecular weight is 382 g/mol. The summed E-state index contributed by atoms with van der Waals surface area (Å²) in [5.74, 6) is 0.844. The summed E-state index contributed by atoms with van der Waals surface area (Å²) in [5, 5.41) is 3.18. The van der Waals surface area contributed by atoms with E-state index < -0.39 is 0 Å². The van der Waals surface area contributed by atoms with Gasteiger partial charge in [0.1, 0.15) is 5.75 Å². The highest BCUT2D eigenvalue weighted by Crippen LogP contribution is 2.33. The number of nitrogens with one attached hydrogen (secondary N) is 1. The summed E-state index contributed by atoms with van der Waals surface area (Å²) in [6.45, 7) is 2.85. The lowest BCUT2D eigenvalue weighted by atomic mass is 10.0. The van der Waals surface area contributed by atoms with Gasteiger partial charge in [-0.2, -0.15) is 0 Å². The van der Waals surface area contributed by atoms with Crippen LogP contribution in [0.1, 0.15) is 36.9 Å². The Bertz CT molecular complexity index is 806. The first-order valence-electron chi connectivity index (χ1n) is 9.95. The van der Waals surface area contributed by atoms with E-state index in [0.29, 0.717) is 0 Å². The summed E-state index contributed by atoms with van der Waals surface area (Å²) < 4.78 is 5.29. The molecule has 0 aliphatic carbocycles. The molecule has 2 aromatic rings. The molecule has 2 atom stereocenters. The third-order valence-electron chi connectivity index (χ3n) is 5.33. The lowest BCUT2D eigenvalue weighted by molar-refractivity contribution is 0.189. The standard InChI is InChI=1S/C23H31N3O2/c1-17(14-18-8-5-11-21(15-18)28-4)24-23(27)26-13-7-12-22(26)19-9-6-10-20(16-19)25(2)3/h5-6,8-11,15-17,22H,7,12-14H2,1-4H3,(H,24,27). The molecule has 1 fully saturated rings. The van der Waals surface area contributed by atoms with Gasteiger partial charge in [0.2, 0.25) is 0 Å². The lowest BCUT2D eigenvalue weighted by Crippen LogP contribution is -2.44. The topological polar surface area (TPSA) is 44.8 Å². The van der Waals surface area contributed by atoms with Crippen LogP contribution in [-0.4, -0.2) is 44.7 Å². The summed E-state index contributed by atoms with van der Waals surface area (Å²) in [6, 6.07) is 16.7. The number of anilines is 1. The Morgan fingerprint density at radius 3 is 2.79 bits per heavy atom. The maximum absolute atomic E-state index is 13.0. The van der Waals surface area contributed by atoms with E-state index in [9.17, 15) is 4.79 Å². The van der Waals surface area contributed by atoms with Gasteiger partial charge in [0.15, 0.2) is 0 Å². The smallest absolute Gasteiger partial charge is 0.318 e. The molecule has 3 rings (SSSR count). The number of likely N-dealkylation sites (tertiary alicyclic amines) is 1. The number of ether oxygens (including phenoxy) is 1. The predicted octanol–water partition coefficient (Wildman–Crippen LogP) is 4.24. The molecule has 0 bridgehead atoms. The van der Waals surface area contributed by atoms with Gasteiger partial charge in [-0.3, -0.25) is 0 Å². The van der Waals surface area contributed by atoms with Gasteiger partial charge in [0.05, 0.1) is 13.2 Å². The van der Waals surface area contributed by atoms with E-state index in [-0.39, 0.29) is 18.1 Å². The number of hydrogen-bond acceptors (Lipinski definition) is 3. The Kier molecular flexibility index (Phi) is 6.45. The van der Waals surface area contributed by atoms with Gasteiger partial charge in [-0.05, 0) is 61.6 Å². The quantitative estimate of drug-likeness (QED) is 0.814. The van der Waals surface area contributed by atoms with Crippen LogP contribution in [0.25, 0.3) is 0 Å². The largest absolute Gasteiger partial charge is 0.497 e. The zero-order valence-electron chi connectivity index (χ0n) is 17.3. The van der Waals surface area contributed by atoms with Crippen molar-refractivity contribution in [2.75, 3.05) is 32.6 Å². The molecule has 5 heteroatoms. The van der Waals surface area contributed by atoms with Gasteiger partial charge >= 0.3 is 6.03 Å². The molecule has 0 aromatic heterocycles. The number of methoxy groups -OCH3 is 1. The van der Waals surface area contributed by atoms with Crippen LogP contribution in [0.2, 0.25) is 0 Å². The second-order valence-electron chi connectivity index (χ2n) is 7.75. The van der Waals surface area contributed by atoms with Crippen LogP contribution >= 0.6 is 0 Å². The van der Waals surface area contributed by atoms with Crippen LogP contribution in [0.3, 0.4) is 0 Å². The lowest BCUT2D eigenvalue weighted by Gasteiger charge is -2.28. The van der Waals surface area contributed by atoms with Gasteiger partial charge in [0, 0.05) is 32.4 Å². The first kappa shape index (κ1) is 20.1. The van der Waals surface area contributed by atoms with E-state index >= 15 is 0 Å². The van der Waals surface area contributed by atoms with E-state index in [1.807, 2.05) is 37.2 Å². The molecule has 150 valence electrons. The van der Waals surface area contributed by atoms with E-state index in [0.717, 1.165) is 42.8 Å². The second-order valence-corrected chi connectivity index (χ2v) is 7.75. The van der Waals surface area contributed by atoms with Crippen LogP contribution in [-0.2, 0) is 6.42 Å². The summed E-state index contributed by atoms with van der Waals surface area (Å²) in [7, 11) is 5.75. The number of rotatable bonds is 6. The van der Waals surface area contributed by atoms with Gasteiger partial charge in [-0.15, -0.1) is 0 Å². The van der Waals surface area contributed by atoms with Crippen LogP contribution < -0.4 is 15.0 Å². The maximum atomic E-state index is 13.0. The number of benzene rings is 2. The number of amides is 2. The number of carbonyl (C=O) groups excluding carboxylic acids is 1. The van der Waals surface area contributed by atoms with Crippen molar-refractivity contribution in [3.8, 4) is 5.75 Å². The van der Waals surface area contributed by atoms with Crippen molar-refractivity contribution < 1.29 is 9.53 Å². The zero-order chi connectivity index (χ0) is 20.1. The summed E-state index contributed by atoms with van der Waals surface area (Å²) in [5.41, 5.74) is 3.53. The zero-order valence-corrected chi connectivity index (χ0v) is 17.3. The first-order chi connectivity index (χ1) is 13.5. The first-order valence-corrected chi connectivity index (χ1v) is 9.95. The van der Waals surface area contributed by atoms with E-state index in [2.05, 4.69) is 47.5 Å².